The van der Waals surface area contributed by atoms with Crippen molar-refractivity contribution in [3.8, 4) is 0 Å². The summed E-state index contributed by atoms with van der Waals surface area (Å²) in [5.41, 5.74) is 0. The van der Waals surface area contributed by atoms with Crippen molar-refractivity contribution in [1.82, 2.24) is 9.97 Å². The molecule has 6 heteroatoms. The van der Waals surface area contributed by atoms with Crippen LogP contribution in [0, 0.1) is 5.92 Å². The Morgan fingerprint density at radius 1 is 1.40 bits per heavy atom. The third-order valence-corrected chi connectivity index (χ3v) is 4.13. The van der Waals surface area contributed by atoms with Gasteiger partial charge in [0.25, 0.3) is 0 Å². The van der Waals surface area contributed by atoms with Gasteiger partial charge in [0, 0.05) is 31.7 Å². The lowest BCUT2D eigenvalue weighted by molar-refractivity contribution is 0.187. The molecule has 6 nitrogen and oxygen atoms in total. The highest BCUT2D eigenvalue weighted by Crippen LogP contribution is 2.24. The maximum absolute atomic E-state index is 9.40. The Labute approximate surface area is 119 Å². The molecule has 2 N–H and O–H groups in total. The average Bonchev–Trinajstić information content (AvgIpc) is 3.16. The molecule has 0 radical (unpaired) electrons. The number of anilines is 2. The normalized spacial score (nSPS) is 26.1. The lowest BCUT2D eigenvalue weighted by Gasteiger charge is -2.24. The van der Waals surface area contributed by atoms with Gasteiger partial charge in [-0.15, -0.1) is 0 Å². The largest absolute Gasteiger partial charge is 0.394 e. The fraction of sp³-hybridized carbons (Fsp3) is 0.714. The third-order valence-electron chi connectivity index (χ3n) is 4.13. The molecule has 0 saturated carbocycles. The van der Waals surface area contributed by atoms with Crippen LogP contribution in [0.25, 0.3) is 0 Å². The molecular formula is C14H22N4O2. The first-order chi connectivity index (χ1) is 9.86. The van der Waals surface area contributed by atoms with Crippen LogP contribution in [0.5, 0.6) is 0 Å². The number of ether oxygens (including phenoxy) is 1. The fourth-order valence-corrected chi connectivity index (χ4v) is 2.92. The van der Waals surface area contributed by atoms with Crippen molar-refractivity contribution in [2.24, 2.45) is 5.92 Å². The van der Waals surface area contributed by atoms with Gasteiger partial charge in [-0.05, 0) is 19.3 Å². The zero-order valence-corrected chi connectivity index (χ0v) is 11.7. The van der Waals surface area contributed by atoms with Gasteiger partial charge >= 0.3 is 0 Å². The van der Waals surface area contributed by atoms with Gasteiger partial charge in [-0.3, -0.25) is 0 Å². The maximum Gasteiger partial charge on any atom is 0.134 e. The van der Waals surface area contributed by atoms with E-state index in [1.165, 1.54) is 0 Å². The topological polar surface area (TPSA) is 70.5 Å². The second kappa shape index (κ2) is 6.37. The van der Waals surface area contributed by atoms with E-state index < -0.39 is 0 Å². The lowest BCUT2D eigenvalue weighted by atomic mass is 10.1. The van der Waals surface area contributed by atoms with Gasteiger partial charge in [0.1, 0.15) is 18.0 Å². The predicted octanol–water partition coefficient (Wildman–Crippen LogP) is 0.886. The quantitative estimate of drug-likeness (QED) is 0.833. The number of nitrogens with zero attached hydrogens (tertiary/aromatic N) is 3. The number of aliphatic hydroxyl groups is 1. The van der Waals surface area contributed by atoms with Crippen LogP contribution in [-0.2, 0) is 4.74 Å². The van der Waals surface area contributed by atoms with Crippen LogP contribution in [0.15, 0.2) is 12.4 Å². The van der Waals surface area contributed by atoms with E-state index in [-0.39, 0.29) is 12.6 Å². The molecule has 0 bridgehead atoms. The Bertz CT molecular complexity index is 437. The van der Waals surface area contributed by atoms with E-state index in [0.29, 0.717) is 5.92 Å². The van der Waals surface area contributed by atoms with E-state index in [2.05, 4.69) is 20.2 Å². The van der Waals surface area contributed by atoms with Crippen molar-refractivity contribution in [1.29, 1.82) is 0 Å². The van der Waals surface area contributed by atoms with Crippen molar-refractivity contribution in [2.45, 2.75) is 25.3 Å². The molecule has 1 aromatic heterocycles. The first-order valence-electron chi connectivity index (χ1n) is 7.38. The summed E-state index contributed by atoms with van der Waals surface area (Å²) >= 11 is 0. The Kier molecular flexibility index (Phi) is 4.32. The number of rotatable bonds is 5. The molecule has 0 unspecified atom stereocenters. The van der Waals surface area contributed by atoms with Gasteiger partial charge in [0.15, 0.2) is 0 Å². The van der Waals surface area contributed by atoms with Gasteiger partial charge in [-0.25, -0.2) is 9.97 Å². The zero-order chi connectivity index (χ0) is 13.8. The minimum Gasteiger partial charge on any atom is -0.394 e. The third kappa shape index (κ3) is 3.02. The number of nitrogens with one attached hydrogen (secondary N) is 1. The van der Waals surface area contributed by atoms with Crippen molar-refractivity contribution in [2.75, 3.05) is 43.1 Å². The molecule has 20 heavy (non-hydrogen) atoms. The smallest absolute Gasteiger partial charge is 0.134 e. The zero-order valence-electron chi connectivity index (χ0n) is 11.7. The Balaban J connectivity index is 1.63. The number of hydrogen-bond donors (Lipinski definition) is 2. The second-order valence-corrected chi connectivity index (χ2v) is 5.54. The van der Waals surface area contributed by atoms with E-state index in [1.807, 2.05) is 6.07 Å². The van der Waals surface area contributed by atoms with E-state index in [9.17, 15) is 5.11 Å². The van der Waals surface area contributed by atoms with Crippen molar-refractivity contribution in [3.63, 3.8) is 0 Å². The summed E-state index contributed by atoms with van der Waals surface area (Å²) in [5, 5.41) is 12.8. The molecular weight excluding hydrogens is 256 g/mol. The first-order valence-corrected chi connectivity index (χ1v) is 7.38. The molecule has 2 atom stereocenters. The molecule has 0 spiro atoms. The van der Waals surface area contributed by atoms with Gasteiger partial charge in [0.2, 0.25) is 0 Å². The summed E-state index contributed by atoms with van der Waals surface area (Å²) in [5.74, 6) is 2.33. The maximum atomic E-state index is 9.40. The first kappa shape index (κ1) is 13.6. The average molecular weight is 278 g/mol. The summed E-state index contributed by atoms with van der Waals surface area (Å²) in [6.45, 7) is 3.74. The molecule has 3 rings (SSSR count). The summed E-state index contributed by atoms with van der Waals surface area (Å²) in [7, 11) is 0. The van der Waals surface area contributed by atoms with Crippen LogP contribution in [-0.4, -0.2) is 54.0 Å². The van der Waals surface area contributed by atoms with Crippen LogP contribution < -0.4 is 10.2 Å². The molecule has 3 heterocycles. The minimum atomic E-state index is 0.187. The highest BCUT2D eigenvalue weighted by atomic mass is 16.5. The Hall–Kier alpha value is -1.40. The van der Waals surface area contributed by atoms with Crippen molar-refractivity contribution >= 4 is 11.6 Å². The van der Waals surface area contributed by atoms with Crippen molar-refractivity contribution in [3.05, 3.63) is 12.4 Å². The molecule has 110 valence electrons. The molecule has 2 fully saturated rings. The monoisotopic (exact) mass is 278 g/mol. The summed E-state index contributed by atoms with van der Waals surface area (Å²) in [6.07, 6.45) is 4.85. The number of hydrogen-bond acceptors (Lipinski definition) is 6. The number of aliphatic hydroxyl groups excluding tert-OH is 1. The van der Waals surface area contributed by atoms with Gasteiger partial charge in [-0.1, -0.05) is 0 Å². The van der Waals surface area contributed by atoms with Gasteiger partial charge < -0.3 is 20.1 Å². The summed E-state index contributed by atoms with van der Waals surface area (Å²) in [4.78, 5) is 10.8. The van der Waals surface area contributed by atoms with Crippen molar-refractivity contribution < 1.29 is 9.84 Å². The Morgan fingerprint density at radius 3 is 3.15 bits per heavy atom. The molecule has 0 amide bonds. The highest BCUT2D eigenvalue weighted by Gasteiger charge is 2.25. The van der Waals surface area contributed by atoms with Crippen LogP contribution >= 0.6 is 0 Å². The van der Waals surface area contributed by atoms with Crippen LogP contribution in [0.4, 0.5) is 11.6 Å². The predicted molar refractivity (Wildman–Crippen MR) is 76.9 cm³/mol. The van der Waals surface area contributed by atoms with E-state index in [4.69, 9.17) is 4.74 Å². The molecule has 2 aliphatic heterocycles. The van der Waals surface area contributed by atoms with E-state index in [1.54, 1.807) is 6.33 Å². The minimum absolute atomic E-state index is 0.187. The fourth-order valence-electron chi connectivity index (χ4n) is 2.92. The number of aromatic nitrogens is 2. The summed E-state index contributed by atoms with van der Waals surface area (Å²) in [6, 6.07) is 2.17. The standard InChI is InChI=1S/C14H22N4O2/c19-8-12-2-1-4-18(12)14-6-13(16-10-17-14)15-7-11-3-5-20-9-11/h6,10-12,19H,1-5,7-9H2,(H,15,16,17)/t11-,12-/m1/s1. The highest BCUT2D eigenvalue weighted by molar-refractivity contribution is 5.49. The van der Waals surface area contributed by atoms with Crippen LogP contribution in [0.2, 0.25) is 0 Å². The van der Waals surface area contributed by atoms with Gasteiger partial charge in [-0.2, -0.15) is 0 Å². The SMILES string of the molecule is OC[C@H]1CCCN1c1cc(NC[C@H]2CCOC2)ncn1. The van der Waals surface area contributed by atoms with Crippen LogP contribution in [0.1, 0.15) is 19.3 Å². The molecule has 0 aromatic carbocycles. The van der Waals surface area contributed by atoms with Crippen LogP contribution in [0.3, 0.4) is 0 Å². The Morgan fingerprint density at radius 2 is 2.35 bits per heavy atom. The van der Waals surface area contributed by atoms with E-state index >= 15 is 0 Å². The lowest BCUT2D eigenvalue weighted by Crippen LogP contribution is -2.32. The molecule has 0 aliphatic carbocycles. The van der Waals surface area contributed by atoms with E-state index in [0.717, 1.165) is 57.2 Å². The molecule has 1 aromatic rings. The summed E-state index contributed by atoms with van der Waals surface area (Å²) < 4.78 is 5.37. The van der Waals surface area contributed by atoms with Gasteiger partial charge in [0.05, 0.1) is 19.3 Å². The molecule has 2 aliphatic rings. The molecule has 2 saturated heterocycles. The second-order valence-electron chi connectivity index (χ2n) is 5.54.